The fourth-order valence-corrected chi connectivity index (χ4v) is 3.05. The molecule has 1 fully saturated rings. The highest BCUT2D eigenvalue weighted by Gasteiger charge is 2.29. The second-order valence-corrected chi connectivity index (χ2v) is 5.93. The Bertz CT molecular complexity index is 405. The molecule has 0 amide bonds. The van der Waals surface area contributed by atoms with Crippen LogP contribution >= 0.6 is 0 Å². The molecule has 3 heteroatoms. The van der Waals surface area contributed by atoms with Crippen LogP contribution in [0.3, 0.4) is 0 Å². The van der Waals surface area contributed by atoms with Gasteiger partial charge in [-0.1, -0.05) is 19.9 Å². The van der Waals surface area contributed by atoms with Gasteiger partial charge < -0.3 is 10.2 Å². The molecule has 0 aromatic carbocycles. The number of hydrogen-bond donors (Lipinski definition) is 1. The molecular formula is C16H27N3. The summed E-state index contributed by atoms with van der Waals surface area (Å²) in [6, 6.07) is 5.23. The summed E-state index contributed by atoms with van der Waals surface area (Å²) in [5, 5.41) is 3.57. The lowest BCUT2D eigenvalue weighted by molar-refractivity contribution is 0.566. The second-order valence-electron chi connectivity index (χ2n) is 5.93. The quantitative estimate of drug-likeness (QED) is 0.880. The van der Waals surface area contributed by atoms with Crippen LogP contribution in [0.1, 0.15) is 52.1 Å². The Morgan fingerprint density at radius 3 is 2.89 bits per heavy atom. The smallest absolute Gasteiger partial charge is 0.133 e. The van der Waals surface area contributed by atoms with E-state index >= 15 is 0 Å². The first kappa shape index (κ1) is 14.3. The fraction of sp³-hybridized carbons (Fsp3) is 0.688. The SMILES string of the molecule is CCCNC(C)c1cccnc1N1CC(C)CC1C. The van der Waals surface area contributed by atoms with E-state index in [1.54, 1.807) is 0 Å². The molecule has 1 aromatic heterocycles. The van der Waals surface area contributed by atoms with Gasteiger partial charge in [0, 0.05) is 30.4 Å². The number of hydrogen-bond acceptors (Lipinski definition) is 3. The molecule has 1 saturated heterocycles. The van der Waals surface area contributed by atoms with Crippen molar-refractivity contribution in [2.45, 2.75) is 52.6 Å². The van der Waals surface area contributed by atoms with E-state index in [-0.39, 0.29) is 0 Å². The predicted molar refractivity (Wildman–Crippen MR) is 81.5 cm³/mol. The predicted octanol–water partition coefficient (Wildman–Crippen LogP) is 3.38. The number of rotatable bonds is 5. The van der Waals surface area contributed by atoms with Gasteiger partial charge >= 0.3 is 0 Å². The van der Waals surface area contributed by atoms with Crippen LogP contribution in [0, 0.1) is 5.92 Å². The Kier molecular flexibility index (Phi) is 4.81. The van der Waals surface area contributed by atoms with Gasteiger partial charge in [-0.05, 0) is 45.2 Å². The molecule has 0 spiro atoms. The maximum absolute atomic E-state index is 4.66. The summed E-state index contributed by atoms with van der Waals surface area (Å²) in [4.78, 5) is 7.14. The number of nitrogens with one attached hydrogen (secondary N) is 1. The van der Waals surface area contributed by atoms with Crippen molar-refractivity contribution in [1.29, 1.82) is 0 Å². The van der Waals surface area contributed by atoms with Crippen molar-refractivity contribution in [1.82, 2.24) is 10.3 Å². The zero-order chi connectivity index (χ0) is 13.8. The Hall–Kier alpha value is -1.09. The molecule has 3 atom stereocenters. The van der Waals surface area contributed by atoms with Gasteiger partial charge in [-0.25, -0.2) is 4.98 Å². The lowest BCUT2D eigenvalue weighted by Crippen LogP contribution is -2.30. The van der Waals surface area contributed by atoms with Crippen LogP contribution in [0.5, 0.6) is 0 Å². The summed E-state index contributed by atoms with van der Waals surface area (Å²) in [7, 11) is 0. The Balaban J connectivity index is 2.21. The zero-order valence-electron chi connectivity index (χ0n) is 12.7. The van der Waals surface area contributed by atoms with Gasteiger partial charge in [0.1, 0.15) is 5.82 Å². The van der Waals surface area contributed by atoms with Gasteiger partial charge in [0.15, 0.2) is 0 Å². The monoisotopic (exact) mass is 261 g/mol. The minimum atomic E-state index is 0.367. The lowest BCUT2D eigenvalue weighted by atomic mass is 10.1. The van der Waals surface area contributed by atoms with Crippen LogP contribution in [0.4, 0.5) is 5.82 Å². The average molecular weight is 261 g/mol. The van der Waals surface area contributed by atoms with Crippen LogP contribution in [0.25, 0.3) is 0 Å². The highest BCUT2D eigenvalue weighted by Crippen LogP contribution is 2.31. The molecule has 0 bridgehead atoms. The van der Waals surface area contributed by atoms with Gasteiger partial charge in [-0.2, -0.15) is 0 Å². The van der Waals surface area contributed by atoms with Gasteiger partial charge in [-0.3, -0.25) is 0 Å². The summed E-state index contributed by atoms with van der Waals surface area (Å²) in [5.41, 5.74) is 1.33. The lowest BCUT2D eigenvalue weighted by Gasteiger charge is -2.27. The van der Waals surface area contributed by atoms with E-state index < -0.39 is 0 Å². The summed E-state index contributed by atoms with van der Waals surface area (Å²) in [5.74, 6) is 1.94. The minimum absolute atomic E-state index is 0.367. The molecule has 1 aliphatic rings. The molecule has 1 N–H and O–H groups in total. The molecule has 0 saturated carbocycles. The average Bonchev–Trinajstić information content (AvgIpc) is 2.75. The first-order chi connectivity index (χ1) is 9.13. The standard InChI is InChI=1S/C16H27N3/c1-5-8-17-14(4)15-7-6-9-18-16(15)19-11-12(2)10-13(19)3/h6-7,9,12-14,17H,5,8,10-11H2,1-4H3. The van der Waals surface area contributed by atoms with Crippen molar-refractivity contribution in [3.8, 4) is 0 Å². The highest BCUT2D eigenvalue weighted by molar-refractivity contribution is 5.50. The summed E-state index contributed by atoms with van der Waals surface area (Å²) >= 11 is 0. The molecular weight excluding hydrogens is 234 g/mol. The highest BCUT2D eigenvalue weighted by atomic mass is 15.2. The Labute approximate surface area is 117 Å². The van der Waals surface area contributed by atoms with Gasteiger partial charge in [0.2, 0.25) is 0 Å². The Morgan fingerprint density at radius 1 is 1.47 bits per heavy atom. The molecule has 19 heavy (non-hydrogen) atoms. The van der Waals surface area contributed by atoms with E-state index in [2.05, 4.69) is 49.0 Å². The maximum Gasteiger partial charge on any atom is 0.133 e. The van der Waals surface area contributed by atoms with E-state index in [1.807, 2.05) is 12.3 Å². The van der Waals surface area contributed by atoms with Crippen molar-refractivity contribution >= 4 is 5.82 Å². The third kappa shape index (κ3) is 3.27. The molecule has 2 heterocycles. The van der Waals surface area contributed by atoms with E-state index in [4.69, 9.17) is 0 Å². The van der Waals surface area contributed by atoms with Crippen molar-refractivity contribution in [3.63, 3.8) is 0 Å². The maximum atomic E-state index is 4.66. The molecule has 0 aliphatic carbocycles. The number of pyridine rings is 1. The normalized spacial score (nSPS) is 24.7. The number of aromatic nitrogens is 1. The van der Waals surface area contributed by atoms with Crippen LogP contribution in [0.15, 0.2) is 18.3 Å². The zero-order valence-corrected chi connectivity index (χ0v) is 12.7. The number of anilines is 1. The van der Waals surface area contributed by atoms with Crippen LogP contribution < -0.4 is 10.2 Å². The molecule has 3 nitrogen and oxygen atoms in total. The van der Waals surface area contributed by atoms with E-state index in [0.717, 1.165) is 25.4 Å². The first-order valence-corrected chi connectivity index (χ1v) is 7.58. The second kappa shape index (κ2) is 6.38. The summed E-state index contributed by atoms with van der Waals surface area (Å²) in [6.45, 7) is 11.3. The van der Waals surface area contributed by atoms with Crippen molar-refractivity contribution in [3.05, 3.63) is 23.9 Å². The summed E-state index contributed by atoms with van der Waals surface area (Å²) < 4.78 is 0. The number of nitrogens with zero attached hydrogens (tertiary/aromatic N) is 2. The molecule has 2 rings (SSSR count). The van der Waals surface area contributed by atoms with Gasteiger partial charge in [0.25, 0.3) is 0 Å². The van der Waals surface area contributed by atoms with Crippen molar-refractivity contribution < 1.29 is 0 Å². The largest absolute Gasteiger partial charge is 0.353 e. The Morgan fingerprint density at radius 2 is 2.26 bits per heavy atom. The molecule has 1 aliphatic heterocycles. The molecule has 1 aromatic rings. The van der Waals surface area contributed by atoms with Crippen molar-refractivity contribution in [2.24, 2.45) is 5.92 Å². The summed E-state index contributed by atoms with van der Waals surface area (Å²) in [6.07, 6.45) is 4.35. The first-order valence-electron chi connectivity index (χ1n) is 7.58. The van der Waals surface area contributed by atoms with Crippen LogP contribution in [-0.2, 0) is 0 Å². The van der Waals surface area contributed by atoms with E-state index in [0.29, 0.717) is 12.1 Å². The molecule has 106 valence electrons. The van der Waals surface area contributed by atoms with Crippen LogP contribution in [-0.4, -0.2) is 24.1 Å². The van der Waals surface area contributed by atoms with E-state index in [1.165, 1.54) is 17.8 Å². The third-order valence-corrected chi connectivity index (χ3v) is 4.04. The van der Waals surface area contributed by atoms with Crippen LogP contribution in [0.2, 0.25) is 0 Å². The molecule has 3 unspecified atom stereocenters. The van der Waals surface area contributed by atoms with E-state index in [9.17, 15) is 0 Å². The fourth-order valence-electron chi connectivity index (χ4n) is 3.05. The molecule has 0 radical (unpaired) electrons. The van der Waals surface area contributed by atoms with Crippen molar-refractivity contribution in [2.75, 3.05) is 18.0 Å². The van der Waals surface area contributed by atoms with Gasteiger partial charge in [-0.15, -0.1) is 0 Å². The third-order valence-electron chi connectivity index (χ3n) is 4.04. The van der Waals surface area contributed by atoms with Gasteiger partial charge in [0.05, 0.1) is 0 Å². The minimum Gasteiger partial charge on any atom is -0.353 e. The topological polar surface area (TPSA) is 28.2 Å².